The summed E-state index contributed by atoms with van der Waals surface area (Å²) in [6.45, 7) is 4.55. The van der Waals surface area contributed by atoms with Crippen LogP contribution in [0.2, 0.25) is 0 Å². The van der Waals surface area contributed by atoms with E-state index >= 15 is 0 Å². The molecule has 0 aliphatic heterocycles. The fraction of sp³-hybridized carbons (Fsp3) is 0.312. The van der Waals surface area contributed by atoms with Gasteiger partial charge in [0, 0.05) is 17.0 Å². The molecule has 0 fully saturated rings. The van der Waals surface area contributed by atoms with Gasteiger partial charge in [0.05, 0.1) is 11.5 Å². The van der Waals surface area contributed by atoms with Crippen molar-refractivity contribution in [1.29, 1.82) is 5.26 Å². The second kappa shape index (κ2) is 5.74. The first kappa shape index (κ1) is 15.3. The molecule has 2 aromatic rings. The van der Waals surface area contributed by atoms with E-state index in [0.717, 1.165) is 6.26 Å². The molecular weight excluding hydrogens is 286 g/mol. The molecule has 0 aromatic heterocycles. The van der Waals surface area contributed by atoms with Crippen molar-refractivity contribution in [3.8, 4) is 11.8 Å². The molecule has 5 heteroatoms. The van der Waals surface area contributed by atoms with Gasteiger partial charge >= 0.3 is 0 Å². The first-order valence-corrected chi connectivity index (χ1v) is 8.52. The number of benzene rings is 2. The minimum absolute atomic E-state index is 0.229. The lowest BCUT2D eigenvalue weighted by atomic mass is 10.0. The first-order chi connectivity index (χ1) is 9.84. The van der Waals surface area contributed by atoms with Gasteiger partial charge in [-0.25, -0.2) is 8.42 Å². The minimum atomic E-state index is -3.34. The van der Waals surface area contributed by atoms with Crippen LogP contribution in [-0.4, -0.2) is 21.3 Å². The van der Waals surface area contributed by atoms with Gasteiger partial charge in [-0.15, -0.1) is 0 Å². The molecule has 0 amide bonds. The number of sulfone groups is 1. The zero-order chi connectivity index (χ0) is 15.6. The van der Waals surface area contributed by atoms with Gasteiger partial charge in [-0.2, -0.15) is 5.26 Å². The van der Waals surface area contributed by atoms with E-state index in [4.69, 9.17) is 4.74 Å². The molecule has 0 saturated heterocycles. The quantitative estimate of drug-likeness (QED) is 0.870. The third kappa shape index (κ3) is 3.17. The predicted octanol–water partition coefficient (Wildman–Crippen LogP) is 3.15. The fourth-order valence-electron chi connectivity index (χ4n) is 2.12. The molecule has 0 saturated carbocycles. The monoisotopic (exact) mass is 303 g/mol. The van der Waals surface area contributed by atoms with Crippen molar-refractivity contribution in [2.45, 2.75) is 18.7 Å². The molecule has 0 unspecified atom stereocenters. The summed E-state index contributed by atoms with van der Waals surface area (Å²) in [6, 6.07) is 10.4. The summed E-state index contributed by atoms with van der Waals surface area (Å²) in [5.41, 5.74) is 0.374. The van der Waals surface area contributed by atoms with Crippen LogP contribution in [0.1, 0.15) is 19.4 Å². The summed E-state index contributed by atoms with van der Waals surface area (Å²) < 4.78 is 29.3. The zero-order valence-electron chi connectivity index (χ0n) is 12.3. The number of hydrogen-bond donors (Lipinski definition) is 0. The molecule has 21 heavy (non-hydrogen) atoms. The van der Waals surface area contributed by atoms with Crippen LogP contribution < -0.4 is 4.74 Å². The highest BCUT2D eigenvalue weighted by Gasteiger charge is 2.16. The summed E-state index contributed by atoms with van der Waals surface area (Å²) in [7, 11) is -3.34. The smallest absolute Gasteiger partial charge is 0.176 e. The Morgan fingerprint density at radius 1 is 1.19 bits per heavy atom. The summed E-state index contributed by atoms with van der Waals surface area (Å²) >= 11 is 0. The van der Waals surface area contributed by atoms with Gasteiger partial charge in [0.2, 0.25) is 0 Å². The molecule has 110 valence electrons. The van der Waals surface area contributed by atoms with Crippen LogP contribution in [-0.2, 0) is 9.84 Å². The van der Waals surface area contributed by atoms with Crippen LogP contribution in [0.5, 0.6) is 5.75 Å². The van der Waals surface area contributed by atoms with Crippen molar-refractivity contribution in [1.82, 2.24) is 0 Å². The van der Waals surface area contributed by atoms with Gasteiger partial charge in [-0.3, -0.25) is 0 Å². The lowest BCUT2D eigenvalue weighted by molar-refractivity contribution is 0.270. The van der Waals surface area contributed by atoms with Crippen LogP contribution in [0.3, 0.4) is 0 Å². The van der Waals surface area contributed by atoms with Crippen molar-refractivity contribution in [2.24, 2.45) is 5.92 Å². The second-order valence-electron chi connectivity index (χ2n) is 5.38. The largest absolute Gasteiger partial charge is 0.492 e. The van der Waals surface area contributed by atoms with E-state index in [1.807, 2.05) is 13.8 Å². The normalized spacial score (nSPS) is 11.6. The molecule has 4 nitrogen and oxygen atoms in total. The highest BCUT2D eigenvalue weighted by Crippen LogP contribution is 2.31. The Morgan fingerprint density at radius 2 is 1.90 bits per heavy atom. The van der Waals surface area contributed by atoms with E-state index in [0.29, 0.717) is 34.6 Å². The molecule has 2 aromatic carbocycles. The topological polar surface area (TPSA) is 67.2 Å². The fourth-order valence-corrected chi connectivity index (χ4v) is 3.03. The summed E-state index contributed by atoms with van der Waals surface area (Å²) in [5, 5.41) is 10.5. The summed E-state index contributed by atoms with van der Waals surface area (Å²) in [4.78, 5) is 0.229. The highest BCUT2D eigenvalue weighted by atomic mass is 32.2. The average Bonchev–Trinajstić information content (AvgIpc) is 2.42. The predicted molar refractivity (Wildman–Crippen MR) is 82.1 cm³/mol. The third-order valence-electron chi connectivity index (χ3n) is 3.07. The van der Waals surface area contributed by atoms with Gasteiger partial charge in [0.15, 0.2) is 9.84 Å². The molecule has 0 spiro atoms. The summed E-state index contributed by atoms with van der Waals surface area (Å²) in [6.07, 6.45) is 1.16. The Kier molecular flexibility index (Phi) is 4.19. The van der Waals surface area contributed by atoms with Gasteiger partial charge in [-0.1, -0.05) is 26.0 Å². The van der Waals surface area contributed by atoms with Crippen LogP contribution in [0.15, 0.2) is 35.2 Å². The number of hydrogen-bond acceptors (Lipinski definition) is 4. The maximum Gasteiger partial charge on any atom is 0.176 e. The molecule has 0 aliphatic rings. The van der Waals surface area contributed by atoms with Crippen molar-refractivity contribution < 1.29 is 13.2 Å². The van der Waals surface area contributed by atoms with Crippen LogP contribution in [0.4, 0.5) is 0 Å². The van der Waals surface area contributed by atoms with E-state index in [1.54, 1.807) is 30.3 Å². The Hall–Kier alpha value is -2.06. The molecule has 0 aliphatic carbocycles. The van der Waals surface area contributed by atoms with Crippen molar-refractivity contribution in [2.75, 3.05) is 12.9 Å². The van der Waals surface area contributed by atoms with Gasteiger partial charge in [-0.05, 0) is 24.1 Å². The van der Waals surface area contributed by atoms with Crippen molar-refractivity contribution in [3.05, 3.63) is 35.9 Å². The molecular formula is C16H17NO3S. The maximum absolute atomic E-state index is 11.8. The third-order valence-corrected chi connectivity index (χ3v) is 4.22. The second-order valence-corrected chi connectivity index (χ2v) is 7.36. The Morgan fingerprint density at radius 3 is 2.48 bits per heavy atom. The van der Waals surface area contributed by atoms with E-state index in [2.05, 4.69) is 6.07 Å². The Bertz CT molecular complexity index is 817. The van der Waals surface area contributed by atoms with E-state index in [-0.39, 0.29) is 4.90 Å². The molecule has 0 atom stereocenters. The molecule has 0 bridgehead atoms. The maximum atomic E-state index is 11.8. The van der Waals surface area contributed by atoms with Crippen molar-refractivity contribution in [3.63, 3.8) is 0 Å². The molecule has 0 heterocycles. The first-order valence-electron chi connectivity index (χ1n) is 6.63. The number of nitrogens with zero attached hydrogens (tertiary/aromatic N) is 1. The SMILES string of the molecule is CC(C)COc1ccc2c(S(C)(=O)=O)cccc2c1C#N. The lowest BCUT2D eigenvalue weighted by Gasteiger charge is -2.13. The molecule has 0 radical (unpaired) electrons. The van der Waals surface area contributed by atoms with E-state index in [1.165, 1.54) is 0 Å². The summed E-state index contributed by atoms with van der Waals surface area (Å²) in [5.74, 6) is 0.832. The van der Waals surface area contributed by atoms with E-state index < -0.39 is 9.84 Å². The zero-order valence-corrected chi connectivity index (χ0v) is 13.1. The van der Waals surface area contributed by atoms with Crippen LogP contribution in [0.25, 0.3) is 10.8 Å². The molecule has 2 rings (SSSR count). The Balaban J connectivity index is 2.67. The standard InChI is InChI=1S/C16H17NO3S/c1-11(2)10-20-15-8-7-13-12(14(15)9-17)5-4-6-16(13)21(3,18)19/h4-8,11H,10H2,1-3H3. The van der Waals surface area contributed by atoms with Gasteiger partial charge in [0.1, 0.15) is 17.4 Å². The number of nitriles is 1. The van der Waals surface area contributed by atoms with Crippen molar-refractivity contribution >= 4 is 20.6 Å². The van der Waals surface area contributed by atoms with Gasteiger partial charge in [0.25, 0.3) is 0 Å². The van der Waals surface area contributed by atoms with Crippen LogP contribution in [0, 0.1) is 17.2 Å². The van der Waals surface area contributed by atoms with Crippen LogP contribution >= 0.6 is 0 Å². The highest BCUT2D eigenvalue weighted by molar-refractivity contribution is 7.91. The lowest BCUT2D eigenvalue weighted by Crippen LogP contribution is -2.06. The number of fused-ring (bicyclic) bond motifs is 1. The van der Waals surface area contributed by atoms with Gasteiger partial charge < -0.3 is 4.74 Å². The number of rotatable bonds is 4. The Labute approximate surface area is 124 Å². The minimum Gasteiger partial charge on any atom is -0.492 e. The van der Waals surface area contributed by atoms with E-state index in [9.17, 15) is 13.7 Å². The molecule has 0 N–H and O–H groups in total. The average molecular weight is 303 g/mol. The number of ether oxygens (including phenoxy) is 1.